The van der Waals surface area contributed by atoms with Crippen LogP contribution >= 0.6 is 0 Å². The Labute approximate surface area is 112 Å². The first-order valence-corrected chi connectivity index (χ1v) is 6.15. The third kappa shape index (κ3) is 3.24. The molecule has 0 fully saturated rings. The predicted molar refractivity (Wildman–Crippen MR) is 73.9 cm³/mol. The van der Waals surface area contributed by atoms with Gasteiger partial charge in [-0.3, -0.25) is 0 Å². The highest BCUT2D eigenvalue weighted by Crippen LogP contribution is 2.28. The predicted octanol–water partition coefficient (Wildman–Crippen LogP) is 2.92. The van der Waals surface area contributed by atoms with Crippen molar-refractivity contribution >= 4 is 5.69 Å². The topological polar surface area (TPSA) is 74.2 Å². The van der Waals surface area contributed by atoms with E-state index in [1.54, 1.807) is 19.2 Å². The van der Waals surface area contributed by atoms with Crippen molar-refractivity contribution in [2.45, 2.75) is 27.2 Å². The van der Waals surface area contributed by atoms with Crippen LogP contribution in [0.25, 0.3) is 11.5 Å². The highest BCUT2D eigenvalue weighted by Gasteiger charge is 2.17. The number of rotatable bonds is 3. The lowest BCUT2D eigenvalue weighted by atomic mass is 9.92. The number of anilines is 1. The lowest BCUT2D eigenvalue weighted by Crippen LogP contribution is -2.10. The number of hydrogen-bond donors (Lipinski definition) is 1. The van der Waals surface area contributed by atoms with Crippen molar-refractivity contribution in [3.05, 3.63) is 24.0 Å². The van der Waals surface area contributed by atoms with E-state index in [1.807, 2.05) is 6.07 Å². The van der Waals surface area contributed by atoms with Gasteiger partial charge in [-0.15, -0.1) is 0 Å². The number of aromatic nitrogens is 2. The van der Waals surface area contributed by atoms with Gasteiger partial charge in [0.25, 0.3) is 5.89 Å². The summed E-state index contributed by atoms with van der Waals surface area (Å²) in [6.45, 7) is 6.40. The summed E-state index contributed by atoms with van der Waals surface area (Å²) < 4.78 is 10.4. The molecule has 0 bridgehead atoms. The first-order chi connectivity index (χ1) is 8.89. The Morgan fingerprint density at radius 2 is 2.05 bits per heavy atom. The van der Waals surface area contributed by atoms with Crippen LogP contribution in [0.15, 0.2) is 22.7 Å². The molecule has 0 spiro atoms. The van der Waals surface area contributed by atoms with Gasteiger partial charge in [0.05, 0.1) is 12.8 Å². The highest BCUT2D eigenvalue weighted by molar-refractivity contribution is 5.65. The minimum absolute atomic E-state index is 0.125. The summed E-state index contributed by atoms with van der Waals surface area (Å²) in [5.41, 5.74) is 7.34. The molecule has 0 aliphatic carbocycles. The van der Waals surface area contributed by atoms with E-state index in [0.717, 1.165) is 12.0 Å². The largest absolute Gasteiger partial charge is 0.495 e. The van der Waals surface area contributed by atoms with Gasteiger partial charge < -0.3 is 15.0 Å². The van der Waals surface area contributed by atoms with Gasteiger partial charge in [-0.25, -0.2) is 0 Å². The molecule has 2 aromatic rings. The molecule has 0 saturated heterocycles. The average Bonchev–Trinajstić information content (AvgIpc) is 2.75. The zero-order valence-electron chi connectivity index (χ0n) is 11.7. The van der Waals surface area contributed by atoms with Gasteiger partial charge >= 0.3 is 0 Å². The molecular weight excluding hydrogens is 242 g/mol. The maximum absolute atomic E-state index is 5.86. The molecule has 2 N–H and O–H groups in total. The number of nitrogens with zero attached hydrogens (tertiary/aromatic N) is 2. The molecule has 102 valence electrons. The van der Waals surface area contributed by atoms with Crippen LogP contribution in [0, 0.1) is 5.41 Å². The maximum Gasteiger partial charge on any atom is 0.257 e. The normalized spacial score (nSPS) is 11.6. The molecule has 1 heterocycles. The molecule has 19 heavy (non-hydrogen) atoms. The summed E-state index contributed by atoms with van der Waals surface area (Å²) in [4.78, 5) is 4.39. The zero-order valence-corrected chi connectivity index (χ0v) is 11.7. The number of ether oxygens (including phenoxy) is 1. The molecule has 0 atom stereocenters. The first-order valence-electron chi connectivity index (χ1n) is 6.15. The van der Waals surface area contributed by atoms with E-state index in [2.05, 4.69) is 30.9 Å². The Morgan fingerprint density at radius 3 is 2.63 bits per heavy atom. The monoisotopic (exact) mass is 261 g/mol. The van der Waals surface area contributed by atoms with Gasteiger partial charge in [0.2, 0.25) is 0 Å². The van der Waals surface area contributed by atoms with E-state index in [1.165, 1.54) is 0 Å². The van der Waals surface area contributed by atoms with Crippen molar-refractivity contribution in [3.63, 3.8) is 0 Å². The smallest absolute Gasteiger partial charge is 0.257 e. The van der Waals surface area contributed by atoms with Crippen LogP contribution in [0.4, 0.5) is 5.69 Å². The fourth-order valence-corrected chi connectivity index (χ4v) is 1.78. The lowest BCUT2D eigenvalue weighted by Gasteiger charge is -2.14. The fraction of sp³-hybridized carbons (Fsp3) is 0.429. The summed E-state index contributed by atoms with van der Waals surface area (Å²) in [5, 5.41) is 3.99. The van der Waals surface area contributed by atoms with Crippen molar-refractivity contribution in [3.8, 4) is 17.2 Å². The van der Waals surface area contributed by atoms with Crippen LogP contribution in [-0.4, -0.2) is 17.3 Å². The van der Waals surface area contributed by atoms with E-state index in [9.17, 15) is 0 Å². The van der Waals surface area contributed by atoms with E-state index in [0.29, 0.717) is 23.2 Å². The van der Waals surface area contributed by atoms with Crippen LogP contribution in [0.1, 0.15) is 26.6 Å². The van der Waals surface area contributed by atoms with Gasteiger partial charge in [-0.1, -0.05) is 25.9 Å². The molecule has 0 amide bonds. The van der Waals surface area contributed by atoms with Gasteiger partial charge in [0, 0.05) is 12.0 Å². The van der Waals surface area contributed by atoms with Crippen molar-refractivity contribution in [2.24, 2.45) is 5.41 Å². The van der Waals surface area contributed by atoms with E-state index < -0.39 is 0 Å². The molecule has 1 aromatic heterocycles. The van der Waals surface area contributed by atoms with E-state index >= 15 is 0 Å². The summed E-state index contributed by atoms with van der Waals surface area (Å²) in [7, 11) is 1.58. The molecule has 1 aromatic carbocycles. The summed E-state index contributed by atoms with van der Waals surface area (Å²) in [5.74, 6) is 1.82. The fourth-order valence-electron chi connectivity index (χ4n) is 1.78. The van der Waals surface area contributed by atoms with Crippen molar-refractivity contribution in [2.75, 3.05) is 12.8 Å². The van der Waals surface area contributed by atoms with E-state index in [-0.39, 0.29) is 5.41 Å². The Kier molecular flexibility index (Phi) is 3.46. The van der Waals surface area contributed by atoms with Crippen LogP contribution in [0.5, 0.6) is 5.75 Å². The summed E-state index contributed by atoms with van der Waals surface area (Å²) >= 11 is 0. The summed E-state index contributed by atoms with van der Waals surface area (Å²) in [6.07, 6.45) is 0.766. The first kappa shape index (κ1) is 13.4. The average molecular weight is 261 g/mol. The third-order valence-corrected chi connectivity index (χ3v) is 2.63. The Hall–Kier alpha value is -2.04. The molecule has 5 heteroatoms. The second-order valence-electron chi connectivity index (χ2n) is 5.71. The summed E-state index contributed by atoms with van der Waals surface area (Å²) in [6, 6.07) is 5.41. The molecular formula is C14H19N3O2. The number of nitrogens with two attached hydrogens (primary N) is 1. The molecule has 2 rings (SSSR count). The molecule has 0 radical (unpaired) electrons. The van der Waals surface area contributed by atoms with E-state index in [4.69, 9.17) is 15.0 Å². The SMILES string of the molecule is COc1ccc(-c2nc(CC(C)(C)C)no2)cc1N. The number of nitrogen functional groups attached to an aromatic ring is 1. The van der Waals surface area contributed by atoms with Crippen LogP contribution < -0.4 is 10.5 Å². The molecule has 0 aliphatic heterocycles. The molecule has 0 unspecified atom stereocenters. The van der Waals surface area contributed by atoms with Crippen LogP contribution in [0.2, 0.25) is 0 Å². The van der Waals surface area contributed by atoms with Crippen molar-refractivity contribution in [1.29, 1.82) is 0 Å². The molecule has 0 aliphatic rings. The minimum Gasteiger partial charge on any atom is -0.495 e. The van der Waals surface area contributed by atoms with Gasteiger partial charge in [0.15, 0.2) is 5.82 Å². The third-order valence-electron chi connectivity index (χ3n) is 2.63. The van der Waals surface area contributed by atoms with Crippen molar-refractivity contribution in [1.82, 2.24) is 10.1 Å². The Bertz CT molecular complexity index is 570. The van der Waals surface area contributed by atoms with Crippen LogP contribution in [0.3, 0.4) is 0 Å². The quantitative estimate of drug-likeness (QED) is 0.860. The van der Waals surface area contributed by atoms with Crippen molar-refractivity contribution < 1.29 is 9.26 Å². The maximum atomic E-state index is 5.86. The van der Waals surface area contributed by atoms with Gasteiger partial charge in [-0.2, -0.15) is 4.98 Å². The van der Waals surface area contributed by atoms with Crippen LogP contribution in [-0.2, 0) is 6.42 Å². The standard InChI is InChI=1S/C14H19N3O2/c1-14(2,3)8-12-16-13(19-17-12)9-5-6-11(18-4)10(15)7-9/h5-7H,8,15H2,1-4H3. The highest BCUT2D eigenvalue weighted by atomic mass is 16.5. The second-order valence-corrected chi connectivity index (χ2v) is 5.71. The minimum atomic E-state index is 0.125. The Morgan fingerprint density at radius 1 is 1.32 bits per heavy atom. The number of benzene rings is 1. The zero-order chi connectivity index (χ0) is 14.0. The Balaban J connectivity index is 2.25. The lowest BCUT2D eigenvalue weighted by molar-refractivity contribution is 0.374. The number of methoxy groups -OCH3 is 1. The number of hydrogen-bond acceptors (Lipinski definition) is 5. The molecule has 5 nitrogen and oxygen atoms in total. The molecule has 0 saturated carbocycles. The van der Waals surface area contributed by atoms with Gasteiger partial charge in [0.1, 0.15) is 5.75 Å². The second kappa shape index (κ2) is 4.91. The van der Waals surface area contributed by atoms with Gasteiger partial charge in [-0.05, 0) is 23.6 Å².